The number of carbonyl (C=O) groups is 12. The van der Waals surface area contributed by atoms with E-state index in [-0.39, 0.29) is 76.2 Å². The number of fused-ring (bicyclic) bond motifs is 1. The molecule has 1 spiro atoms. The topological polar surface area (TPSA) is 290 Å². The molecule has 6 aliphatic rings. The van der Waals surface area contributed by atoms with Crippen molar-refractivity contribution in [3.8, 4) is 0 Å². The molecule has 6 fully saturated rings. The Morgan fingerprint density at radius 1 is 0.629 bits per heavy atom. The van der Waals surface area contributed by atoms with Crippen molar-refractivity contribution in [2.45, 2.75) is 241 Å². The van der Waals surface area contributed by atoms with Gasteiger partial charge in [-0.1, -0.05) is 66.2 Å². The van der Waals surface area contributed by atoms with Crippen molar-refractivity contribution in [3.63, 3.8) is 0 Å². The SMILES string of the molecule is CC[C@H](C)[C@@H]1NC(=O)[C@H](CC(C)C)N(C)C(=O)C[C@@H](C(=O)N2CCCCC2)N(C)C(=O)[C@H](C2CCCCC2)N(C)C(=O)C2(CCCC2)NC(=O)[C@@H]2CCCN2C(=O)[C@H](CCC2CCC(C(F)(F)F)C(Cl)C2)NC(=O)CN(C)C(=O)[C@H]([C@@H](C)O)N(C)C(=O)CN(C)C(=O)CN(C)C1=O. The molecule has 0 aromatic heterocycles. The van der Waals surface area contributed by atoms with Crippen LogP contribution in [0.4, 0.5) is 13.2 Å². The molecule has 3 saturated heterocycles. The number of halogens is 4. The van der Waals surface area contributed by atoms with Crippen molar-refractivity contribution < 1.29 is 75.8 Å². The van der Waals surface area contributed by atoms with Gasteiger partial charge in [-0.05, 0) is 127 Å². The van der Waals surface area contributed by atoms with Crippen LogP contribution in [0.5, 0.6) is 0 Å². The van der Waals surface area contributed by atoms with E-state index in [9.17, 15) is 47.0 Å². The first-order valence-electron chi connectivity index (χ1n) is 35.2. The van der Waals surface area contributed by atoms with Gasteiger partial charge in [-0.15, -0.1) is 11.6 Å². The fraction of sp³-hybridized carbons (Fsp3) is 0.824. The standard InChI is InChI=1S/C68H110ClF3N12O13/c1-13-42(4)56-63(94)78(8)39-54(88)76(6)40-55(89)81(11)57(43(5)85)64(95)77(7)38-52(86)73-48(29-27-44-26-28-46(47(69)36-44)68(70,71)72)61(92)84-34-22-25-49(84)60(91)75-67(30-18-19-31-67)66(97)82(12)58(45-23-16-14-17-24-45)65(96)80(10)51(62(93)83-32-20-15-21-33-83)37-53(87)79(9)50(35-41(2)3)59(90)74-56/h41-51,56-58,85H,13-40H2,1-12H3,(H,73,86)(H,74,90)(H,75,91)/t42-,43+,44?,46?,47?,48-,49-,50-,51-,56-,57-,58-/m0/s1. The molecule has 4 N–H and O–H groups in total. The van der Waals surface area contributed by atoms with E-state index in [2.05, 4.69) is 16.0 Å². The Kier molecular flexibility index (Phi) is 28.9. The zero-order valence-corrected chi connectivity index (χ0v) is 60.0. The van der Waals surface area contributed by atoms with Crippen molar-refractivity contribution in [1.82, 2.24) is 60.0 Å². The van der Waals surface area contributed by atoms with Gasteiger partial charge in [0.05, 0.1) is 38.1 Å². The highest BCUT2D eigenvalue weighted by molar-refractivity contribution is 6.21. The Bertz CT molecular complexity index is 2820. The van der Waals surface area contributed by atoms with Gasteiger partial charge in [0.15, 0.2) is 0 Å². The molecule has 0 radical (unpaired) electrons. The summed E-state index contributed by atoms with van der Waals surface area (Å²) >= 11 is 6.36. The molecule has 0 aromatic rings. The van der Waals surface area contributed by atoms with Gasteiger partial charge in [0.2, 0.25) is 70.9 Å². The smallest absolute Gasteiger partial charge is 0.391 e. The molecule has 3 aliphatic carbocycles. The Morgan fingerprint density at radius 2 is 1.24 bits per heavy atom. The van der Waals surface area contributed by atoms with Gasteiger partial charge in [-0.2, -0.15) is 13.2 Å². The van der Waals surface area contributed by atoms with E-state index in [1.54, 1.807) is 11.8 Å². The maximum absolute atomic E-state index is 15.8. The summed E-state index contributed by atoms with van der Waals surface area (Å²) in [6.07, 6.45) is 1.33. The van der Waals surface area contributed by atoms with Gasteiger partial charge < -0.3 is 65.2 Å². The Balaban J connectivity index is 1.41. The molecule has 29 heteroatoms. The quantitative estimate of drug-likeness (QED) is 0.226. The Labute approximate surface area is 575 Å². The van der Waals surface area contributed by atoms with Crippen LogP contribution in [0.25, 0.3) is 0 Å². The molecule has 3 unspecified atom stereocenters. The fourth-order valence-corrected chi connectivity index (χ4v) is 15.8. The van der Waals surface area contributed by atoms with Crippen LogP contribution < -0.4 is 16.0 Å². The molecule has 3 aliphatic heterocycles. The van der Waals surface area contributed by atoms with E-state index in [0.717, 1.165) is 45.3 Å². The first-order chi connectivity index (χ1) is 45.5. The zero-order valence-electron chi connectivity index (χ0n) is 59.3. The predicted molar refractivity (Wildman–Crippen MR) is 355 cm³/mol. The summed E-state index contributed by atoms with van der Waals surface area (Å²) in [6, 6.07) is -9.19. The maximum atomic E-state index is 15.8. The van der Waals surface area contributed by atoms with E-state index in [1.807, 2.05) is 20.8 Å². The van der Waals surface area contributed by atoms with E-state index in [1.165, 1.54) is 75.9 Å². The number of hydrogen-bond acceptors (Lipinski definition) is 13. The molecule has 25 nitrogen and oxygen atoms in total. The van der Waals surface area contributed by atoms with Crippen molar-refractivity contribution in [3.05, 3.63) is 0 Å². The van der Waals surface area contributed by atoms with Crippen molar-refractivity contribution in [2.24, 2.45) is 29.6 Å². The minimum Gasteiger partial charge on any atom is -0.391 e. The highest BCUT2D eigenvalue weighted by atomic mass is 35.5. The van der Waals surface area contributed by atoms with Crippen LogP contribution in [0.3, 0.4) is 0 Å². The normalized spacial score (nSPS) is 29.9. The predicted octanol–water partition coefficient (Wildman–Crippen LogP) is 3.89. The highest BCUT2D eigenvalue weighted by Crippen LogP contribution is 2.44. The molecule has 0 aromatic carbocycles. The maximum Gasteiger partial charge on any atom is 0.393 e. The average Bonchev–Trinajstić information content (AvgIpc) is 1.76. The largest absolute Gasteiger partial charge is 0.393 e. The first-order valence-corrected chi connectivity index (χ1v) is 35.7. The van der Waals surface area contributed by atoms with Crippen LogP contribution in [-0.4, -0.2) is 274 Å². The average molecular weight is 1400 g/mol. The third-order valence-corrected chi connectivity index (χ3v) is 22.0. The molecule has 12 atom stereocenters. The number of amides is 12. The number of aliphatic hydroxyl groups excluding tert-OH is 1. The molecule has 97 heavy (non-hydrogen) atoms. The lowest BCUT2D eigenvalue weighted by molar-refractivity contribution is -0.182. The van der Waals surface area contributed by atoms with Gasteiger partial charge in [0.25, 0.3) is 0 Å². The number of likely N-dealkylation sites (tertiary alicyclic amines) is 1. The number of aliphatic hydroxyl groups is 1. The second-order valence-corrected chi connectivity index (χ2v) is 29.7. The van der Waals surface area contributed by atoms with Crippen LogP contribution >= 0.6 is 11.6 Å². The lowest BCUT2D eigenvalue weighted by atomic mass is 9.78. The minimum absolute atomic E-state index is 0.0263. The summed E-state index contributed by atoms with van der Waals surface area (Å²) in [6.45, 7) is 7.35. The van der Waals surface area contributed by atoms with Crippen molar-refractivity contribution >= 4 is 82.5 Å². The molecular weight excluding hydrogens is 1290 g/mol. The summed E-state index contributed by atoms with van der Waals surface area (Å²) in [5, 5.41) is 18.5. The number of hydrogen-bond donors (Lipinski definition) is 4. The summed E-state index contributed by atoms with van der Waals surface area (Å²) in [4.78, 5) is 188. The van der Waals surface area contributed by atoms with Crippen LogP contribution in [0.15, 0.2) is 0 Å². The summed E-state index contributed by atoms with van der Waals surface area (Å²) in [5.41, 5.74) is -1.57. The number of alkyl halides is 4. The minimum atomic E-state index is -4.52. The summed E-state index contributed by atoms with van der Waals surface area (Å²) < 4.78 is 41.8. The molecule has 6 rings (SSSR count). The third-order valence-electron chi connectivity index (χ3n) is 21.5. The molecule has 548 valence electrons. The summed E-state index contributed by atoms with van der Waals surface area (Å²) in [7, 11) is 9.51. The van der Waals surface area contributed by atoms with Gasteiger partial charge in [-0.25, -0.2) is 0 Å². The van der Waals surface area contributed by atoms with Crippen molar-refractivity contribution in [2.75, 3.05) is 88.6 Å². The van der Waals surface area contributed by atoms with Crippen LogP contribution in [0.2, 0.25) is 0 Å². The monoisotopic (exact) mass is 1390 g/mol. The number of rotatable bonds is 10. The number of nitrogens with one attached hydrogen (secondary N) is 3. The van der Waals surface area contributed by atoms with Gasteiger partial charge in [-0.3, -0.25) is 57.5 Å². The molecule has 0 bridgehead atoms. The number of nitrogens with zero attached hydrogens (tertiary/aromatic N) is 9. The third kappa shape index (κ3) is 20.0. The molecule has 12 amide bonds. The highest BCUT2D eigenvalue weighted by Gasteiger charge is 2.52. The fourth-order valence-electron chi connectivity index (χ4n) is 15.3. The number of likely N-dealkylation sites (N-methyl/N-ethyl adjacent to an activating group) is 7. The van der Waals surface area contributed by atoms with Crippen molar-refractivity contribution in [1.29, 1.82) is 0 Å². The van der Waals surface area contributed by atoms with E-state index >= 15 is 28.8 Å². The van der Waals surface area contributed by atoms with Crippen LogP contribution in [-0.2, 0) is 57.5 Å². The molecule has 3 heterocycles. The van der Waals surface area contributed by atoms with Crippen LogP contribution in [0.1, 0.15) is 176 Å². The first kappa shape index (κ1) is 79.7. The lowest BCUT2D eigenvalue weighted by Gasteiger charge is -2.43. The molecule has 3 saturated carbocycles. The molecular formula is C68H110ClF3N12O13. The van der Waals surface area contributed by atoms with E-state index in [4.69, 9.17) is 11.6 Å². The van der Waals surface area contributed by atoms with Crippen LogP contribution in [0, 0.1) is 29.6 Å². The lowest BCUT2D eigenvalue weighted by Crippen LogP contribution is -2.65. The van der Waals surface area contributed by atoms with Gasteiger partial charge >= 0.3 is 6.18 Å². The Morgan fingerprint density at radius 3 is 1.82 bits per heavy atom. The second-order valence-electron chi connectivity index (χ2n) is 29.2. The zero-order chi connectivity index (χ0) is 72.1. The second kappa shape index (κ2) is 35.1. The van der Waals surface area contributed by atoms with Gasteiger partial charge in [0.1, 0.15) is 47.8 Å². The van der Waals surface area contributed by atoms with E-state index < -0.39 is 180 Å². The Hall–Kier alpha value is -6.32. The summed E-state index contributed by atoms with van der Waals surface area (Å²) in [5.74, 6) is -11.6. The number of carbonyl (C=O) groups excluding carboxylic acids is 12. The van der Waals surface area contributed by atoms with Gasteiger partial charge in [0, 0.05) is 74.3 Å². The number of piperidine rings is 1. The van der Waals surface area contributed by atoms with E-state index in [0.29, 0.717) is 64.5 Å².